The predicted octanol–water partition coefficient (Wildman–Crippen LogP) is 2.58. The van der Waals surface area contributed by atoms with Crippen molar-refractivity contribution in [3.8, 4) is 5.69 Å². The first-order valence-corrected chi connectivity index (χ1v) is 6.44. The van der Waals surface area contributed by atoms with Crippen molar-refractivity contribution in [2.45, 2.75) is 13.5 Å². The van der Waals surface area contributed by atoms with Gasteiger partial charge in [-0.2, -0.15) is 5.10 Å². The van der Waals surface area contributed by atoms with Gasteiger partial charge in [0.25, 0.3) is 0 Å². The quantitative estimate of drug-likeness (QED) is 0.787. The number of para-hydroxylation sites is 1. The second kappa shape index (κ2) is 5.52. The van der Waals surface area contributed by atoms with E-state index in [2.05, 4.69) is 32.5 Å². The Morgan fingerprint density at radius 2 is 1.85 bits per heavy atom. The summed E-state index contributed by atoms with van der Waals surface area (Å²) in [4.78, 5) is 8.31. The highest BCUT2D eigenvalue weighted by atomic mass is 15.3. The highest BCUT2D eigenvalue weighted by Gasteiger charge is 2.05. The molecule has 2 heterocycles. The van der Waals surface area contributed by atoms with Crippen molar-refractivity contribution in [2.75, 3.05) is 5.32 Å². The first-order chi connectivity index (χ1) is 9.83. The fraction of sp³-hybridized carbons (Fsp3) is 0.133. The number of hydrogen-bond acceptors (Lipinski definition) is 4. The fourth-order valence-corrected chi connectivity index (χ4v) is 2.00. The van der Waals surface area contributed by atoms with Crippen LogP contribution in [0, 0.1) is 6.92 Å². The molecule has 1 N–H and O–H groups in total. The van der Waals surface area contributed by atoms with Crippen molar-refractivity contribution in [2.24, 2.45) is 0 Å². The molecule has 5 nitrogen and oxygen atoms in total. The van der Waals surface area contributed by atoms with E-state index in [4.69, 9.17) is 0 Å². The number of aromatic nitrogens is 4. The Balaban J connectivity index is 1.83. The number of anilines is 1. The molecule has 3 aromatic rings. The zero-order valence-electron chi connectivity index (χ0n) is 11.2. The van der Waals surface area contributed by atoms with Crippen LogP contribution >= 0.6 is 0 Å². The van der Waals surface area contributed by atoms with E-state index in [0.29, 0.717) is 12.5 Å². The average Bonchev–Trinajstić information content (AvgIpc) is 2.93. The van der Waals surface area contributed by atoms with E-state index in [0.717, 1.165) is 16.9 Å². The van der Waals surface area contributed by atoms with Crippen LogP contribution in [-0.4, -0.2) is 19.7 Å². The Bertz CT molecular complexity index is 690. The Labute approximate surface area is 117 Å². The van der Waals surface area contributed by atoms with Gasteiger partial charge in [-0.05, 0) is 30.7 Å². The van der Waals surface area contributed by atoms with E-state index in [9.17, 15) is 0 Å². The Morgan fingerprint density at radius 1 is 1.05 bits per heavy atom. The molecule has 20 heavy (non-hydrogen) atoms. The van der Waals surface area contributed by atoms with E-state index in [-0.39, 0.29) is 0 Å². The molecular weight excluding hydrogens is 250 g/mol. The molecule has 0 aliphatic heterocycles. The molecule has 0 spiro atoms. The van der Waals surface area contributed by atoms with Crippen LogP contribution in [0.5, 0.6) is 0 Å². The van der Waals surface area contributed by atoms with E-state index >= 15 is 0 Å². The summed E-state index contributed by atoms with van der Waals surface area (Å²) in [5.74, 6) is 0.624. The van der Waals surface area contributed by atoms with Gasteiger partial charge in [0, 0.05) is 25.1 Å². The Morgan fingerprint density at radius 3 is 2.60 bits per heavy atom. The van der Waals surface area contributed by atoms with Crippen LogP contribution in [0.25, 0.3) is 5.69 Å². The molecule has 0 saturated heterocycles. The topological polar surface area (TPSA) is 55.6 Å². The highest BCUT2D eigenvalue weighted by Crippen LogP contribution is 2.15. The van der Waals surface area contributed by atoms with Crippen molar-refractivity contribution >= 4 is 5.95 Å². The largest absolute Gasteiger partial charge is 0.350 e. The molecule has 0 aliphatic carbocycles. The molecule has 5 heteroatoms. The maximum absolute atomic E-state index is 4.45. The summed E-state index contributed by atoms with van der Waals surface area (Å²) < 4.78 is 1.89. The van der Waals surface area contributed by atoms with Crippen LogP contribution in [0.3, 0.4) is 0 Å². The normalized spacial score (nSPS) is 10.4. The molecule has 0 atom stereocenters. The summed E-state index contributed by atoms with van der Waals surface area (Å²) in [5.41, 5.74) is 3.20. The Kier molecular flexibility index (Phi) is 3.41. The zero-order chi connectivity index (χ0) is 13.8. The van der Waals surface area contributed by atoms with E-state index in [1.54, 1.807) is 18.5 Å². The monoisotopic (exact) mass is 265 g/mol. The summed E-state index contributed by atoms with van der Waals surface area (Å²) in [5, 5.41) is 7.67. The standard InChI is InChI=1S/C15H15N5/c1-12-7-10-20(19-12)14-6-3-2-5-13(14)11-18-15-16-8-4-9-17-15/h2-10H,11H2,1H3,(H,16,17,18). The minimum absolute atomic E-state index is 0.624. The first-order valence-electron chi connectivity index (χ1n) is 6.44. The lowest BCUT2D eigenvalue weighted by Gasteiger charge is -2.10. The van der Waals surface area contributed by atoms with Crippen LogP contribution in [0.1, 0.15) is 11.3 Å². The molecule has 0 amide bonds. The second-order valence-corrected chi connectivity index (χ2v) is 4.46. The van der Waals surface area contributed by atoms with Gasteiger partial charge < -0.3 is 5.32 Å². The van der Waals surface area contributed by atoms with Crippen molar-refractivity contribution in [1.29, 1.82) is 0 Å². The average molecular weight is 265 g/mol. The van der Waals surface area contributed by atoms with Gasteiger partial charge in [0.15, 0.2) is 0 Å². The summed E-state index contributed by atoms with van der Waals surface area (Å²) in [6.07, 6.45) is 5.41. The van der Waals surface area contributed by atoms with E-state index in [1.807, 2.05) is 36.0 Å². The zero-order valence-corrected chi connectivity index (χ0v) is 11.2. The summed E-state index contributed by atoms with van der Waals surface area (Å²) >= 11 is 0. The molecule has 0 radical (unpaired) electrons. The Hall–Kier alpha value is -2.69. The lowest BCUT2D eigenvalue weighted by molar-refractivity contribution is 0.847. The third kappa shape index (κ3) is 2.66. The first kappa shape index (κ1) is 12.3. The van der Waals surface area contributed by atoms with Crippen LogP contribution in [-0.2, 0) is 6.54 Å². The summed E-state index contributed by atoms with van der Waals surface area (Å²) in [7, 11) is 0. The lowest BCUT2D eigenvalue weighted by atomic mass is 10.2. The van der Waals surface area contributed by atoms with E-state index < -0.39 is 0 Å². The minimum atomic E-state index is 0.624. The van der Waals surface area contributed by atoms with Crippen LogP contribution in [0.2, 0.25) is 0 Å². The number of rotatable bonds is 4. The molecule has 2 aromatic heterocycles. The number of benzene rings is 1. The lowest BCUT2D eigenvalue weighted by Crippen LogP contribution is -2.07. The van der Waals surface area contributed by atoms with Crippen LogP contribution in [0.15, 0.2) is 55.0 Å². The fourth-order valence-electron chi connectivity index (χ4n) is 2.00. The molecule has 0 aliphatic rings. The van der Waals surface area contributed by atoms with E-state index in [1.165, 1.54) is 0 Å². The van der Waals surface area contributed by atoms with Gasteiger partial charge in [0.2, 0.25) is 5.95 Å². The number of nitrogens with one attached hydrogen (secondary N) is 1. The van der Waals surface area contributed by atoms with Gasteiger partial charge in [-0.25, -0.2) is 14.6 Å². The van der Waals surface area contributed by atoms with Crippen LogP contribution in [0.4, 0.5) is 5.95 Å². The number of aryl methyl sites for hydroxylation is 1. The van der Waals surface area contributed by atoms with Crippen molar-refractivity contribution in [1.82, 2.24) is 19.7 Å². The van der Waals surface area contributed by atoms with Crippen molar-refractivity contribution in [3.63, 3.8) is 0 Å². The molecule has 0 unspecified atom stereocenters. The molecule has 3 rings (SSSR count). The highest BCUT2D eigenvalue weighted by molar-refractivity contribution is 5.42. The third-order valence-corrected chi connectivity index (χ3v) is 2.96. The van der Waals surface area contributed by atoms with Gasteiger partial charge >= 0.3 is 0 Å². The number of hydrogen-bond donors (Lipinski definition) is 1. The maximum Gasteiger partial charge on any atom is 0.222 e. The molecule has 0 saturated carbocycles. The third-order valence-electron chi connectivity index (χ3n) is 2.96. The van der Waals surface area contributed by atoms with Gasteiger partial charge in [0.1, 0.15) is 0 Å². The predicted molar refractivity (Wildman–Crippen MR) is 77.7 cm³/mol. The molecule has 0 bridgehead atoms. The second-order valence-electron chi connectivity index (χ2n) is 4.46. The van der Waals surface area contributed by atoms with Gasteiger partial charge in [-0.1, -0.05) is 18.2 Å². The smallest absolute Gasteiger partial charge is 0.222 e. The summed E-state index contributed by atoms with van der Waals surface area (Å²) in [6.45, 7) is 2.63. The van der Waals surface area contributed by atoms with Gasteiger partial charge in [-0.3, -0.25) is 0 Å². The maximum atomic E-state index is 4.45. The SMILES string of the molecule is Cc1ccn(-c2ccccc2CNc2ncccn2)n1. The van der Waals surface area contributed by atoms with Crippen molar-refractivity contribution < 1.29 is 0 Å². The molecule has 0 fully saturated rings. The van der Waals surface area contributed by atoms with Crippen LogP contribution < -0.4 is 5.32 Å². The molecule has 1 aromatic carbocycles. The number of nitrogens with zero attached hydrogens (tertiary/aromatic N) is 4. The van der Waals surface area contributed by atoms with Gasteiger partial charge in [-0.15, -0.1) is 0 Å². The minimum Gasteiger partial charge on any atom is -0.350 e. The van der Waals surface area contributed by atoms with Gasteiger partial charge in [0.05, 0.1) is 11.4 Å². The molecule has 100 valence electrons. The summed E-state index contributed by atoms with van der Waals surface area (Å²) in [6, 6.07) is 11.9. The van der Waals surface area contributed by atoms with Crippen molar-refractivity contribution in [3.05, 3.63) is 66.2 Å². The molecular formula is C15H15N5.